The Morgan fingerprint density at radius 1 is 1.43 bits per heavy atom. The lowest BCUT2D eigenvalue weighted by molar-refractivity contribution is -0.0687. The number of hydrogen-bond donors (Lipinski definition) is 6. The van der Waals surface area contributed by atoms with E-state index in [1.807, 2.05) is 0 Å². The van der Waals surface area contributed by atoms with Crippen molar-refractivity contribution in [3.63, 3.8) is 0 Å². The predicted octanol–water partition coefficient (Wildman–Crippen LogP) is -1.52. The summed E-state index contributed by atoms with van der Waals surface area (Å²) in [6.45, 7) is 2.20. The van der Waals surface area contributed by atoms with Gasteiger partial charge in [0.25, 0.3) is 0 Å². The molecule has 1 fully saturated rings. The Balaban J connectivity index is 1.69. The van der Waals surface area contributed by atoms with Gasteiger partial charge in [-0.05, 0) is 13.0 Å². The highest BCUT2D eigenvalue weighted by atomic mass is 31.2. The van der Waals surface area contributed by atoms with Gasteiger partial charge in [-0.3, -0.25) is 20.6 Å². The second kappa shape index (κ2) is 9.47. The van der Waals surface area contributed by atoms with E-state index >= 15 is 0 Å². The number of fused-ring (bicyclic) bond motifs is 1. The fourth-order valence-electron chi connectivity index (χ4n) is 3.66. The van der Waals surface area contributed by atoms with Crippen molar-refractivity contribution in [1.29, 1.82) is 0 Å². The lowest BCUT2D eigenvalue weighted by atomic mass is 10.1. The number of nitrogens with zero attached hydrogens (tertiary/aromatic N) is 4. The zero-order chi connectivity index (χ0) is 21.9. The Labute approximate surface area is 173 Å². The van der Waals surface area contributed by atoms with Crippen LogP contribution >= 0.6 is 7.82 Å². The van der Waals surface area contributed by atoms with Crippen LogP contribution in [0.3, 0.4) is 0 Å². The Morgan fingerprint density at radius 2 is 2.20 bits per heavy atom. The van der Waals surface area contributed by atoms with Gasteiger partial charge in [0.1, 0.15) is 37.0 Å². The highest BCUT2D eigenvalue weighted by Crippen LogP contribution is 2.42. The normalized spacial score (nSPS) is 33.6. The number of phosphoric acid groups is 1. The number of rotatable bonds is 10. The number of aliphatic hydroxyl groups is 2. The minimum atomic E-state index is -4.91. The number of hydrogen-bond acceptors (Lipinski definition) is 11. The second-order valence-electron chi connectivity index (χ2n) is 7.37. The first-order chi connectivity index (χ1) is 14.2. The van der Waals surface area contributed by atoms with Crippen molar-refractivity contribution in [3.05, 3.63) is 0 Å². The summed E-state index contributed by atoms with van der Waals surface area (Å²) in [5.74, 6) is -0.953. The molecule has 0 amide bonds. The summed E-state index contributed by atoms with van der Waals surface area (Å²) in [5.41, 5.74) is 6.77. The van der Waals surface area contributed by atoms with Crippen molar-refractivity contribution in [1.82, 2.24) is 10.2 Å². The van der Waals surface area contributed by atoms with Gasteiger partial charge in [0.05, 0.1) is 6.61 Å². The smallest absolute Gasteiger partial charge is 0.394 e. The molecule has 30 heavy (non-hydrogen) atoms. The van der Waals surface area contributed by atoms with E-state index in [0.717, 1.165) is 25.7 Å². The monoisotopic (exact) mass is 448 g/mol. The van der Waals surface area contributed by atoms with E-state index in [1.165, 1.54) is 11.2 Å². The molecular formula is C16H29N6O7P. The van der Waals surface area contributed by atoms with Gasteiger partial charge in [0.15, 0.2) is 12.1 Å². The Bertz CT molecular complexity index is 758. The number of amidine groups is 1. The first kappa shape index (κ1) is 23.4. The van der Waals surface area contributed by atoms with Gasteiger partial charge in [-0.2, -0.15) is 0 Å². The maximum absolute atomic E-state index is 11.2. The van der Waals surface area contributed by atoms with Gasteiger partial charge in [-0.1, -0.05) is 26.2 Å². The van der Waals surface area contributed by atoms with E-state index in [2.05, 4.69) is 31.7 Å². The molecule has 7 N–H and O–H groups in total. The van der Waals surface area contributed by atoms with Crippen molar-refractivity contribution >= 4 is 25.7 Å². The van der Waals surface area contributed by atoms with Crippen molar-refractivity contribution in [2.75, 3.05) is 19.8 Å². The topological polar surface area (TPSA) is 195 Å². The lowest BCUT2D eigenvalue weighted by Gasteiger charge is -2.33. The Morgan fingerprint density at radius 3 is 2.87 bits per heavy atom. The molecule has 0 aromatic heterocycles. The standard InChI is InChI=1S/C16H29N6O7P/c1-2-3-4-5-6-20-16(17)13-14(18-8-21-16)22(9-19-13)15-11(24)12(10(7-23)28-15)29-30(25,26)27/h8,10-12,15,20,23-24H,2-7,9,17H2,1H3,(H2,25,26,27)/t10-,11-,12-,15-,16?/m1/s1. The second-order valence-corrected chi connectivity index (χ2v) is 8.56. The number of ether oxygens (including phenoxy) is 1. The summed E-state index contributed by atoms with van der Waals surface area (Å²) in [5, 5.41) is 23.3. The molecule has 0 bridgehead atoms. The fourth-order valence-corrected chi connectivity index (χ4v) is 4.23. The van der Waals surface area contributed by atoms with Crippen molar-refractivity contribution in [2.24, 2.45) is 20.7 Å². The molecule has 3 heterocycles. The molecule has 13 nitrogen and oxygen atoms in total. The van der Waals surface area contributed by atoms with Gasteiger partial charge in [0, 0.05) is 0 Å². The highest BCUT2D eigenvalue weighted by Gasteiger charge is 2.53. The van der Waals surface area contributed by atoms with E-state index in [1.54, 1.807) is 0 Å². The molecule has 0 aliphatic carbocycles. The first-order valence-corrected chi connectivity index (χ1v) is 11.4. The molecule has 3 aliphatic rings. The third-order valence-corrected chi connectivity index (χ3v) is 5.67. The van der Waals surface area contributed by atoms with Crippen molar-refractivity contribution < 1.29 is 33.8 Å². The summed E-state index contributed by atoms with van der Waals surface area (Å²) in [6, 6.07) is 0. The van der Waals surface area contributed by atoms with Gasteiger partial charge >= 0.3 is 7.82 Å². The van der Waals surface area contributed by atoms with Gasteiger partial charge in [0.2, 0.25) is 5.79 Å². The summed E-state index contributed by atoms with van der Waals surface area (Å²) in [6.07, 6.45) is 0.394. The number of nitrogens with two attached hydrogens (primary N) is 1. The van der Waals surface area contributed by atoms with Gasteiger partial charge in [-0.15, -0.1) is 0 Å². The third kappa shape index (κ3) is 4.96. The van der Waals surface area contributed by atoms with Crippen LogP contribution in [0.4, 0.5) is 0 Å². The zero-order valence-corrected chi connectivity index (χ0v) is 17.6. The summed E-state index contributed by atoms with van der Waals surface area (Å²) in [7, 11) is -4.91. The zero-order valence-electron chi connectivity index (χ0n) is 16.7. The largest absolute Gasteiger partial charge is 0.470 e. The van der Waals surface area contributed by atoms with Crippen LogP contribution in [0.25, 0.3) is 0 Å². The van der Waals surface area contributed by atoms with E-state index < -0.39 is 44.8 Å². The molecule has 5 atom stereocenters. The summed E-state index contributed by atoms with van der Waals surface area (Å²) >= 11 is 0. The number of nitrogens with one attached hydrogen (secondary N) is 1. The molecule has 14 heteroatoms. The van der Waals surface area contributed by atoms with Crippen LogP contribution in [0.15, 0.2) is 15.0 Å². The molecule has 0 saturated carbocycles. The predicted molar refractivity (Wildman–Crippen MR) is 108 cm³/mol. The van der Waals surface area contributed by atoms with Gasteiger partial charge < -0.3 is 29.6 Å². The van der Waals surface area contributed by atoms with Crippen LogP contribution in [-0.4, -0.2) is 92.9 Å². The molecule has 0 aromatic carbocycles. The number of unbranched alkanes of at least 4 members (excludes halogenated alkanes) is 3. The molecule has 0 radical (unpaired) electrons. The third-order valence-electron chi connectivity index (χ3n) is 5.15. The van der Waals surface area contributed by atoms with E-state index in [9.17, 15) is 14.8 Å². The molecule has 1 unspecified atom stereocenters. The molecule has 3 aliphatic heterocycles. The van der Waals surface area contributed by atoms with Crippen LogP contribution in [0.1, 0.15) is 32.6 Å². The molecule has 1 saturated heterocycles. The quantitative estimate of drug-likeness (QED) is 0.130. The van der Waals surface area contributed by atoms with E-state index in [4.69, 9.17) is 20.3 Å². The number of aliphatic hydroxyl groups excluding tert-OH is 2. The first-order valence-electron chi connectivity index (χ1n) is 9.86. The Kier molecular flexibility index (Phi) is 7.38. The minimum Gasteiger partial charge on any atom is -0.394 e. The van der Waals surface area contributed by atoms with E-state index in [-0.39, 0.29) is 6.67 Å². The maximum atomic E-state index is 11.2. The molecular weight excluding hydrogens is 419 g/mol. The molecule has 0 aromatic rings. The van der Waals surface area contributed by atoms with Crippen LogP contribution in [0.5, 0.6) is 0 Å². The SMILES string of the molecule is CCCCCCNC1(N)N=CN=C2C1=NCN2[C@@H]1O[C@H](CO)[C@@H](OP(=O)(O)O)[C@H]1O. The lowest BCUT2D eigenvalue weighted by Crippen LogP contribution is -2.63. The van der Waals surface area contributed by atoms with Crippen molar-refractivity contribution in [2.45, 2.75) is 62.9 Å². The average molecular weight is 448 g/mol. The molecule has 0 spiro atoms. The molecule has 170 valence electrons. The molecule has 3 rings (SSSR count). The number of phosphoric ester groups is 1. The Hall–Kier alpha value is -1.28. The van der Waals surface area contributed by atoms with Crippen LogP contribution < -0.4 is 11.1 Å². The maximum Gasteiger partial charge on any atom is 0.470 e. The van der Waals surface area contributed by atoms with Crippen LogP contribution in [0, 0.1) is 0 Å². The average Bonchev–Trinajstić information content (AvgIpc) is 3.23. The summed E-state index contributed by atoms with van der Waals surface area (Å²) in [4.78, 5) is 32.5. The summed E-state index contributed by atoms with van der Waals surface area (Å²) < 4.78 is 21.5. The number of aliphatic imine (C=N–C) groups is 3. The minimum absolute atomic E-state index is 0.0382. The van der Waals surface area contributed by atoms with E-state index in [0.29, 0.717) is 18.1 Å². The van der Waals surface area contributed by atoms with Crippen molar-refractivity contribution in [3.8, 4) is 0 Å². The van der Waals surface area contributed by atoms with Gasteiger partial charge in [-0.25, -0.2) is 14.5 Å². The fraction of sp³-hybridized carbons (Fsp3) is 0.812. The highest BCUT2D eigenvalue weighted by molar-refractivity contribution is 7.46. The van der Waals surface area contributed by atoms with Crippen LogP contribution in [-0.2, 0) is 13.8 Å². The van der Waals surface area contributed by atoms with Crippen LogP contribution in [0.2, 0.25) is 0 Å².